The fraction of sp³-hybridized carbons (Fsp3) is 0.312. The van der Waals surface area contributed by atoms with E-state index in [4.69, 9.17) is 9.15 Å². The molecule has 4 aromatic rings. The van der Waals surface area contributed by atoms with E-state index in [1.807, 2.05) is 30.3 Å². The number of hydrogen-bond donors (Lipinski definition) is 1. The molecule has 214 valence electrons. The lowest BCUT2D eigenvalue weighted by Crippen LogP contribution is -2.52. The van der Waals surface area contributed by atoms with Crippen molar-refractivity contribution in [1.82, 2.24) is 10.2 Å². The zero-order valence-electron chi connectivity index (χ0n) is 22.8. The van der Waals surface area contributed by atoms with Gasteiger partial charge in [0.1, 0.15) is 17.1 Å². The van der Waals surface area contributed by atoms with Gasteiger partial charge < -0.3 is 14.5 Å². The molecule has 0 radical (unpaired) electrons. The van der Waals surface area contributed by atoms with Gasteiger partial charge in [0.25, 0.3) is 5.91 Å². The van der Waals surface area contributed by atoms with E-state index >= 15 is 0 Å². The van der Waals surface area contributed by atoms with E-state index in [1.165, 1.54) is 18.2 Å². The smallest absolute Gasteiger partial charge is 0.416 e. The van der Waals surface area contributed by atoms with Crippen LogP contribution in [0.2, 0.25) is 0 Å². The van der Waals surface area contributed by atoms with Crippen LogP contribution in [0.15, 0.2) is 88.1 Å². The van der Waals surface area contributed by atoms with Crippen molar-refractivity contribution in [3.05, 3.63) is 100 Å². The molecule has 0 atom stereocenters. The van der Waals surface area contributed by atoms with E-state index in [9.17, 15) is 22.8 Å². The number of halogens is 3. The van der Waals surface area contributed by atoms with Crippen LogP contribution in [0.1, 0.15) is 37.8 Å². The summed E-state index contributed by atoms with van der Waals surface area (Å²) < 4.78 is 50.5. The van der Waals surface area contributed by atoms with Crippen molar-refractivity contribution in [3.63, 3.8) is 0 Å². The summed E-state index contributed by atoms with van der Waals surface area (Å²) in [4.78, 5) is 28.0. The zero-order valence-corrected chi connectivity index (χ0v) is 22.8. The lowest BCUT2D eigenvalue weighted by molar-refractivity contribution is -0.137. The van der Waals surface area contributed by atoms with Gasteiger partial charge >= 0.3 is 6.18 Å². The number of rotatable bonds is 7. The standard InChI is InChI=1S/C32H31F3N2O4/c1-31(2,41-25-12-13-26-27(38)19-28(40-29(26)18-25)22-6-4-3-5-7-22)30(39)36-24-14-16-37(17-15-24)20-21-8-10-23(11-9-21)32(33,34)35/h3-13,18-19,24H,14-17,20H2,1-2H3,(H,36,39). The zero-order chi connectivity index (χ0) is 29.2. The maximum Gasteiger partial charge on any atom is 0.416 e. The van der Waals surface area contributed by atoms with Gasteiger partial charge in [0.15, 0.2) is 11.0 Å². The summed E-state index contributed by atoms with van der Waals surface area (Å²) in [7, 11) is 0. The Labute approximate surface area is 235 Å². The maximum atomic E-state index is 13.2. The second-order valence-corrected chi connectivity index (χ2v) is 10.8. The van der Waals surface area contributed by atoms with E-state index in [2.05, 4.69) is 10.2 Å². The Balaban J connectivity index is 1.18. The third-order valence-electron chi connectivity index (χ3n) is 7.29. The number of carbonyl (C=O) groups is 1. The van der Waals surface area contributed by atoms with Gasteiger partial charge in [0, 0.05) is 43.4 Å². The topological polar surface area (TPSA) is 71.8 Å². The number of benzene rings is 3. The first kappa shape index (κ1) is 28.4. The summed E-state index contributed by atoms with van der Waals surface area (Å²) in [5.41, 5.74) is -0.0518. The van der Waals surface area contributed by atoms with E-state index in [0.717, 1.165) is 23.3 Å². The molecule has 5 rings (SSSR count). The Bertz CT molecular complexity index is 1570. The number of piperidine rings is 1. The average molecular weight is 565 g/mol. The summed E-state index contributed by atoms with van der Waals surface area (Å²) in [6.07, 6.45) is -2.92. The molecule has 0 bridgehead atoms. The minimum absolute atomic E-state index is 0.0442. The van der Waals surface area contributed by atoms with Crippen molar-refractivity contribution in [2.24, 2.45) is 0 Å². The lowest BCUT2D eigenvalue weighted by atomic mass is 10.0. The van der Waals surface area contributed by atoms with Crippen LogP contribution < -0.4 is 15.5 Å². The maximum absolute atomic E-state index is 13.2. The lowest BCUT2D eigenvalue weighted by Gasteiger charge is -2.34. The molecular weight excluding hydrogens is 533 g/mol. The average Bonchev–Trinajstić information content (AvgIpc) is 2.94. The Morgan fingerprint density at radius 2 is 1.66 bits per heavy atom. The summed E-state index contributed by atoms with van der Waals surface area (Å²) in [6, 6.07) is 20.9. The highest BCUT2D eigenvalue weighted by Crippen LogP contribution is 2.30. The van der Waals surface area contributed by atoms with Crippen LogP contribution in [0.4, 0.5) is 13.2 Å². The van der Waals surface area contributed by atoms with Crippen molar-refractivity contribution in [3.8, 4) is 17.1 Å². The molecule has 6 nitrogen and oxygen atoms in total. The van der Waals surface area contributed by atoms with Gasteiger partial charge in [-0.25, -0.2) is 0 Å². The molecule has 0 unspecified atom stereocenters. The van der Waals surface area contributed by atoms with Gasteiger partial charge in [-0.15, -0.1) is 0 Å². The predicted molar refractivity (Wildman–Crippen MR) is 151 cm³/mol. The number of ether oxygens (including phenoxy) is 1. The number of likely N-dealkylation sites (tertiary alicyclic amines) is 1. The minimum Gasteiger partial charge on any atom is -0.478 e. The third-order valence-corrected chi connectivity index (χ3v) is 7.29. The first-order chi connectivity index (χ1) is 19.5. The van der Waals surface area contributed by atoms with Crippen molar-refractivity contribution in [2.45, 2.75) is 51.1 Å². The monoisotopic (exact) mass is 564 g/mol. The van der Waals surface area contributed by atoms with Crippen molar-refractivity contribution in [2.75, 3.05) is 13.1 Å². The normalized spacial score (nSPS) is 15.1. The molecule has 1 fully saturated rings. The Kier molecular flexibility index (Phi) is 7.91. The second-order valence-electron chi connectivity index (χ2n) is 10.8. The summed E-state index contributed by atoms with van der Waals surface area (Å²) in [5, 5.41) is 3.49. The number of amides is 1. The molecular formula is C32H31F3N2O4. The molecule has 9 heteroatoms. The third kappa shape index (κ3) is 6.79. The highest BCUT2D eigenvalue weighted by Gasteiger charge is 2.33. The van der Waals surface area contributed by atoms with Gasteiger partial charge in [0.2, 0.25) is 0 Å². The molecule has 0 spiro atoms. The number of alkyl halides is 3. The van der Waals surface area contributed by atoms with Crippen molar-refractivity contribution < 1.29 is 27.1 Å². The molecule has 1 N–H and O–H groups in total. The van der Waals surface area contributed by atoms with Gasteiger partial charge in [-0.05, 0) is 56.5 Å². The predicted octanol–water partition coefficient (Wildman–Crippen LogP) is 6.42. The van der Waals surface area contributed by atoms with E-state index in [-0.39, 0.29) is 17.4 Å². The highest BCUT2D eigenvalue weighted by atomic mass is 19.4. The SMILES string of the molecule is CC(C)(Oc1ccc2c(=O)cc(-c3ccccc3)oc2c1)C(=O)NC1CCN(Cc2ccc(C(F)(F)F)cc2)CC1. The molecule has 1 saturated heterocycles. The van der Waals surface area contributed by atoms with Crippen LogP contribution in [-0.4, -0.2) is 35.5 Å². The summed E-state index contributed by atoms with van der Waals surface area (Å²) in [5.74, 6) is 0.581. The molecule has 1 amide bonds. The van der Waals surface area contributed by atoms with Crippen LogP contribution in [0.5, 0.6) is 5.75 Å². The molecule has 1 aromatic heterocycles. The van der Waals surface area contributed by atoms with E-state index in [0.29, 0.717) is 55.0 Å². The van der Waals surface area contributed by atoms with Gasteiger partial charge in [-0.3, -0.25) is 14.5 Å². The molecule has 1 aliphatic heterocycles. The van der Waals surface area contributed by atoms with Crippen LogP contribution in [0.3, 0.4) is 0 Å². The Morgan fingerprint density at radius 3 is 2.32 bits per heavy atom. The molecule has 1 aliphatic rings. The number of hydrogen-bond acceptors (Lipinski definition) is 5. The van der Waals surface area contributed by atoms with Crippen LogP contribution >= 0.6 is 0 Å². The fourth-order valence-electron chi connectivity index (χ4n) is 4.94. The number of nitrogens with zero attached hydrogens (tertiary/aromatic N) is 1. The first-order valence-corrected chi connectivity index (χ1v) is 13.5. The molecule has 2 heterocycles. The van der Waals surface area contributed by atoms with Gasteiger partial charge in [-0.2, -0.15) is 13.2 Å². The van der Waals surface area contributed by atoms with E-state index < -0.39 is 17.3 Å². The fourth-order valence-corrected chi connectivity index (χ4v) is 4.94. The number of carbonyl (C=O) groups excluding carboxylic acids is 1. The Morgan fingerprint density at radius 1 is 0.976 bits per heavy atom. The number of fused-ring (bicyclic) bond motifs is 1. The second kappa shape index (κ2) is 11.4. The first-order valence-electron chi connectivity index (χ1n) is 13.5. The van der Waals surface area contributed by atoms with Crippen molar-refractivity contribution >= 4 is 16.9 Å². The summed E-state index contributed by atoms with van der Waals surface area (Å²) in [6.45, 7) is 5.34. The minimum atomic E-state index is -4.34. The van der Waals surface area contributed by atoms with Crippen LogP contribution in [-0.2, 0) is 17.5 Å². The van der Waals surface area contributed by atoms with Crippen LogP contribution in [0.25, 0.3) is 22.3 Å². The van der Waals surface area contributed by atoms with Crippen molar-refractivity contribution in [1.29, 1.82) is 0 Å². The quantitative estimate of drug-likeness (QED) is 0.281. The van der Waals surface area contributed by atoms with E-state index in [1.54, 1.807) is 32.0 Å². The largest absolute Gasteiger partial charge is 0.478 e. The molecule has 0 aliphatic carbocycles. The highest BCUT2D eigenvalue weighted by molar-refractivity contribution is 5.85. The summed E-state index contributed by atoms with van der Waals surface area (Å²) >= 11 is 0. The molecule has 41 heavy (non-hydrogen) atoms. The van der Waals surface area contributed by atoms with Gasteiger partial charge in [0.05, 0.1) is 10.9 Å². The molecule has 3 aromatic carbocycles. The Hall–Kier alpha value is -4.11. The van der Waals surface area contributed by atoms with Gasteiger partial charge in [-0.1, -0.05) is 42.5 Å². The van der Waals surface area contributed by atoms with Crippen LogP contribution in [0, 0.1) is 0 Å². The molecule has 0 saturated carbocycles. The number of nitrogens with one attached hydrogen (secondary N) is 1.